The van der Waals surface area contributed by atoms with Crippen molar-refractivity contribution >= 4 is 5.82 Å². The Morgan fingerprint density at radius 3 is 2.64 bits per heavy atom. The van der Waals surface area contributed by atoms with E-state index in [4.69, 9.17) is 5.73 Å². The molecule has 2 rings (SSSR count). The van der Waals surface area contributed by atoms with E-state index in [0.717, 1.165) is 25.3 Å². The molecule has 0 atom stereocenters. The van der Waals surface area contributed by atoms with Crippen LogP contribution in [0.25, 0.3) is 0 Å². The summed E-state index contributed by atoms with van der Waals surface area (Å²) in [7, 11) is 0. The van der Waals surface area contributed by atoms with Gasteiger partial charge in [0.2, 0.25) is 0 Å². The van der Waals surface area contributed by atoms with Gasteiger partial charge in [-0.3, -0.25) is 0 Å². The third kappa shape index (κ3) is 2.04. The van der Waals surface area contributed by atoms with Crippen LogP contribution in [0.4, 0.5) is 5.82 Å². The average molecular weight is 191 g/mol. The van der Waals surface area contributed by atoms with Crippen LogP contribution in [0.2, 0.25) is 0 Å². The van der Waals surface area contributed by atoms with Crippen molar-refractivity contribution in [3.63, 3.8) is 0 Å². The molecule has 0 spiro atoms. The van der Waals surface area contributed by atoms with Crippen LogP contribution in [0.15, 0.2) is 18.3 Å². The smallest absolute Gasteiger partial charge is 0.128 e. The van der Waals surface area contributed by atoms with Crippen LogP contribution < -0.4 is 10.6 Å². The summed E-state index contributed by atoms with van der Waals surface area (Å²) >= 11 is 0. The van der Waals surface area contributed by atoms with E-state index < -0.39 is 0 Å². The molecule has 1 aliphatic heterocycles. The van der Waals surface area contributed by atoms with Gasteiger partial charge in [-0.05, 0) is 37.4 Å². The van der Waals surface area contributed by atoms with Crippen molar-refractivity contribution < 1.29 is 0 Å². The summed E-state index contributed by atoms with van der Waals surface area (Å²) in [6, 6.07) is 4.24. The molecule has 3 nitrogen and oxygen atoms in total. The minimum atomic E-state index is 0.699. The summed E-state index contributed by atoms with van der Waals surface area (Å²) < 4.78 is 0. The van der Waals surface area contributed by atoms with Crippen LogP contribution in [0.1, 0.15) is 18.4 Å². The van der Waals surface area contributed by atoms with E-state index in [9.17, 15) is 0 Å². The largest absolute Gasteiger partial charge is 0.357 e. The number of rotatable bonds is 3. The highest BCUT2D eigenvalue weighted by atomic mass is 15.2. The number of aromatic nitrogens is 1. The van der Waals surface area contributed by atoms with Crippen LogP contribution in [0.5, 0.6) is 0 Å². The van der Waals surface area contributed by atoms with Gasteiger partial charge in [-0.2, -0.15) is 0 Å². The van der Waals surface area contributed by atoms with Gasteiger partial charge in [0.05, 0.1) is 0 Å². The first kappa shape index (κ1) is 9.46. The summed E-state index contributed by atoms with van der Waals surface area (Å²) in [5, 5.41) is 0. The predicted octanol–water partition coefficient (Wildman–Crippen LogP) is 1.18. The minimum absolute atomic E-state index is 0.699. The molecule has 1 aromatic heterocycles. The zero-order valence-electron chi connectivity index (χ0n) is 8.45. The first-order chi connectivity index (χ1) is 6.90. The number of hydrogen-bond donors (Lipinski definition) is 1. The van der Waals surface area contributed by atoms with Crippen molar-refractivity contribution in [3.8, 4) is 0 Å². The molecule has 3 heteroatoms. The fourth-order valence-electron chi connectivity index (χ4n) is 1.86. The molecule has 1 aromatic rings. The molecular weight excluding hydrogens is 174 g/mol. The molecule has 0 aromatic carbocycles. The monoisotopic (exact) mass is 191 g/mol. The van der Waals surface area contributed by atoms with Gasteiger partial charge in [0.1, 0.15) is 5.82 Å². The standard InChI is InChI=1S/C11H17N3/c12-6-5-10-3-4-11(13-9-10)14-7-1-2-8-14/h3-4,9H,1-2,5-8,12H2. The third-order valence-corrected chi connectivity index (χ3v) is 2.67. The normalized spacial score (nSPS) is 16.2. The summed E-state index contributed by atoms with van der Waals surface area (Å²) in [4.78, 5) is 6.79. The van der Waals surface area contributed by atoms with Crippen molar-refractivity contribution in [2.45, 2.75) is 19.3 Å². The molecule has 1 saturated heterocycles. The van der Waals surface area contributed by atoms with E-state index >= 15 is 0 Å². The van der Waals surface area contributed by atoms with Gasteiger partial charge >= 0.3 is 0 Å². The van der Waals surface area contributed by atoms with Crippen LogP contribution in [-0.4, -0.2) is 24.6 Å². The Morgan fingerprint density at radius 1 is 1.29 bits per heavy atom. The van der Waals surface area contributed by atoms with Gasteiger partial charge in [-0.25, -0.2) is 4.98 Å². The fraction of sp³-hybridized carbons (Fsp3) is 0.545. The lowest BCUT2D eigenvalue weighted by Gasteiger charge is -2.16. The number of anilines is 1. The van der Waals surface area contributed by atoms with Crippen LogP contribution in [-0.2, 0) is 6.42 Å². The second-order valence-electron chi connectivity index (χ2n) is 3.76. The zero-order valence-corrected chi connectivity index (χ0v) is 8.45. The van der Waals surface area contributed by atoms with Gasteiger partial charge in [0.25, 0.3) is 0 Å². The topological polar surface area (TPSA) is 42.1 Å². The Labute approximate surface area is 84.9 Å². The van der Waals surface area contributed by atoms with Crippen molar-refractivity contribution in [2.24, 2.45) is 5.73 Å². The molecular formula is C11H17N3. The van der Waals surface area contributed by atoms with Gasteiger partial charge < -0.3 is 10.6 Å². The number of hydrogen-bond acceptors (Lipinski definition) is 3. The van der Waals surface area contributed by atoms with E-state index in [1.54, 1.807) is 0 Å². The maximum atomic E-state index is 5.48. The first-order valence-corrected chi connectivity index (χ1v) is 5.30. The average Bonchev–Trinajstić information content (AvgIpc) is 2.72. The van der Waals surface area contributed by atoms with Crippen LogP contribution in [0.3, 0.4) is 0 Å². The van der Waals surface area contributed by atoms with Gasteiger partial charge in [-0.1, -0.05) is 6.07 Å². The van der Waals surface area contributed by atoms with Gasteiger partial charge in [0, 0.05) is 19.3 Å². The molecule has 76 valence electrons. The molecule has 2 heterocycles. The lowest BCUT2D eigenvalue weighted by Crippen LogP contribution is -2.18. The Kier molecular flexibility index (Phi) is 2.99. The van der Waals surface area contributed by atoms with Crippen molar-refractivity contribution in [1.29, 1.82) is 0 Å². The highest BCUT2D eigenvalue weighted by molar-refractivity contribution is 5.40. The zero-order chi connectivity index (χ0) is 9.80. The van der Waals surface area contributed by atoms with E-state index in [1.807, 2.05) is 6.20 Å². The van der Waals surface area contributed by atoms with Crippen molar-refractivity contribution in [1.82, 2.24) is 4.98 Å². The Balaban J connectivity index is 2.05. The molecule has 2 N–H and O–H groups in total. The second kappa shape index (κ2) is 4.42. The number of nitrogens with two attached hydrogens (primary N) is 1. The molecule has 14 heavy (non-hydrogen) atoms. The summed E-state index contributed by atoms with van der Waals surface area (Å²) in [5.41, 5.74) is 6.71. The van der Waals surface area contributed by atoms with Gasteiger partial charge in [-0.15, -0.1) is 0 Å². The summed E-state index contributed by atoms with van der Waals surface area (Å²) in [5.74, 6) is 1.11. The third-order valence-electron chi connectivity index (χ3n) is 2.67. The van der Waals surface area contributed by atoms with Crippen molar-refractivity contribution in [3.05, 3.63) is 23.9 Å². The Hall–Kier alpha value is -1.09. The number of pyridine rings is 1. The predicted molar refractivity (Wildman–Crippen MR) is 58.4 cm³/mol. The Bertz CT molecular complexity index is 275. The maximum absolute atomic E-state index is 5.48. The van der Waals surface area contributed by atoms with Gasteiger partial charge in [0.15, 0.2) is 0 Å². The van der Waals surface area contributed by atoms with E-state index in [2.05, 4.69) is 22.0 Å². The van der Waals surface area contributed by atoms with E-state index in [-0.39, 0.29) is 0 Å². The number of nitrogens with zero attached hydrogens (tertiary/aromatic N) is 2. The van der Waals surface area contributed by atoms with E-state index in [0.29, 0.717) is 6.54 Å². The first-order valence-electron chi connectivity index (χ1n) is 5.30. The van der Waals surface area contributed by atoms with Crippen molar-refractivity contribution in [2.75, 3.05) is 24.5 Å². The minimum Gasteiger partial charge on any atom is -0.357 e. The molecule has 0 radical (unpaired) electrons. The molecule has 0 aliphatic carbocycles. The molecule has 0 saturated carbocycles. The molecule has 0 unspecified atom stereocenters. The lowest BCUT2D eigenvalue weighted by molar-refractivity contribution is 0.919. The van der Waals surface area contributed by atoms with Crippen LogP contribution in [0, 0.1) is 0 Å². The quantitative estimate of drug-likeness (QED) is 0.780. The highest BCUT2D eigenvalue weighted by Gasteiger charge is 2.12. The van der Waals surface area contributed by atoms with E-state index in [1.165, 1.54) is 18.4 Å². The molecule has 0 amide bonds. The molecule has 1 fully saturated rings. The molecule has 1 aliphatic rings. The highest BCUT2D eigenvalue weighted by Crippen LogP contribution is 2.17. The van der Waals surface area contributed by atoms with Crippen LogP contribution >= 0.6 is 0 Å². The Morgan fingerprint density at radius 2 is 2.07 bits per heavy atom. The summed E-state index contributed by atoms with van der Waals surface area (Å²) in [6.07, 6.45) is 5.46. The lowest BCUT2D eigenvalue weighted by atomic mass is 10.2. The maximum Gasteiger partial charge on any atom is 0.128 e. The SMILES string of the molecule is NCCc1ccc(N2CCCC2)nc1. The molecule has 0 bridgehead atoms. The fourth-order valence-corrected chi connectivity index (χ4v) is 1.86. The summed E-state index contributed by atoms with van der Waals surface area (Å²) in [6.45, 7) is 3.01. The second-order valence-corrected chi connectivity index (χ2v) is 3.76.